The average molecular weight is 481 g/mol. The van der Waals surface area contributed by atoms with E-state index in [2.05, 4.69) is 4.98 Å². The van der Waals surface area contributed by atoms with E-state index < -0.39 is 29.0 Å². The van der Waals surface area contributed by atoms with Crippen LogP contribution < -0.4 is 11.2 Å². The molecule has 1 atom stereocenters. The van der Waals surface area contributed by atoms with Gasteiger partial charge >= 0.3 is 11.9 Å². The number of fused-ring (bicyclic) bond motifs is 2. The van der Waals surface area contributed by atoms with Gasteiger partial charge in [-0.1, -0.05) is 54.6 Å². The van der Waals surface area contributed by atoms with E-state index in [1.54, 1.807) is 19.9 Å². The molecule has 0 fully saturated rings. The van der Waals surface area contributed by atoms with E-state index in [0.29, 0.717) is 26.2 Å². The molecule has 5 rings (SSSR count). The summed E-state index contributed by atoms with van der Waals surface area (Å²) in [6.07, 6.45) is -4.48. The van der Waals surface area contributed by atoms with Crippen molar-refractivity contribution in [2.24, 2.45) is 0 Å². The SMILES string of the molecule is Cc1c(-c2cccc(C(F)(F)F)c2)sc2[nH]c(=O)n([C@H](C)c3cccc4ccccc34)c(=O)c12. The van der Waals surface area contributed by atoms with E-state index in [9.17, 15) is 22.8 Å². The predicted molar refractivity (Wildman–Crippen MR) is 130 cm³/mol. The van der Waals surface area contributed by atoms with Crippen LogP contribution in [0.2, 0.25) is 0 Å². The van der Waals surface area contributed by atoms with Crippen LogP contribution in [0.25, 0.3) is 31.4 Å². The first-order valence-corrected chi connectivity index (χ1v) is 11.4. The molecule has 0 aliphatic carbocycles. The van der Waals surface area contributed by atoms with E-state index in [0.717, 1.165) is 39.8 Å². The number of halogens is 3. The minimum Gasteiger partial charge on any atom is -0.298 e. The van der Waals surface area contributed by atoms with Crippen molar-refractivity contribution in [3.05, 3.63) is 104 Å². The molecule has 0 aliphatic rings. The van der Waals surface area contributed by atoms with Crippen molar-refractivity contribution in [2.75, 3.05) is 0 Å². The molecule has 0 aliphatic heterocycles. The molecular weight excluding hydrogens is 461 g/mol. The number of H-pyrrole nitrogens is 1. The highest BCUT2D eigenvalue weighted by Gasteiger charge is 2.31. The molecule has 2 heterocycles. The molecule has 3 aromatic carbocycles. The Bertz CT molecular complexity index is 1670. The Hall–Kier alpha value is -3.65. The summed E-state index contributed by atoms with van der Waals surface area (Å²) < 4.78 is 40.8. The average Bonchev–Trinajstić information content (AvgIpc) is 3.14. The third-order valence-corrected chi connectivity index (χ3v) is 7.39. The fraction of sp³-hybridized carbons (Fsp3) is 0.154. The van der Waals surface area contributed by atoms with E-state index >= 15 is 0 Å². The minimum atomic E-state index is -4.48. The van der Waals surface area contributed by atoms with Crippen LogP contribution >= 0.6 is 11.3 Å². The Balaban J connectivity index is 1.70. The standard InChI is InChI=1S/C26H19F3N2O2S/c1-14-21-23(34-22(14)17-9-5-10-18(13-17)26(27,28)29)30-25(33)31(24(21)32)15(2)19-12-6-8-16-7-3-4-11-20(16)19/h3-13,15H,1-2H3,(H,30,33)/t15-/m1/s1. The number of aromatic amines is 1. The highest BCUT2D eigenvalue weighted by atomic mass is 32.1. The number of aryl methyl sites for hydroxylation is 1. The quantitative estimate of drug-likeness (QED) is 0.320. The molecule has 8 heteroatoms. The second-order valence-corrected chi connectivity index (χ2v) is 9.21. The molecule has 0 unspecified atom stereocenters. The van der Waals surface area contributed by atoms with Gasteiger partial charge in [-0.05, 0) is 53.4 Å². The second-order valence-electron chi connectivity index (χ2n) is 8.19. The molecule has 0 saturated carbocycles. The van der Waals surface area contributed by atoms with Gasteiger partial charge in [0, 0.05) is 4.88 Å². The van der Waals surface area contributed by atoms with Crippen LogP contribution in [0.5, 0.6) is 0 Å². The van der Waals surface area contributed by atoms with Crippen LogP contribution in [0.15, 0.2) is 76.3 Å². The summed E-state index contributed by atoms with van der Waals surface area (Å²) in [6, 6.07) is 17.9. The summed E-state index contributed by atoms with van der Waals surface area (Å²) in [7, 11) is 0. The largest absolute Gasteiger partial charge is 0.416 e. The summed E-state index contributed by atoms with van der Waals surface area (Å²) in [5, 5.41) is 2.25. The molecule has 0 spiro atoms. The maximum absolute atomic E-state index is 13.6. The monoisotopic (exact) mass is 480 g/mol. The lowest BCUT2D eigenvalue weighted by Gasteiger charge is -2.17. The fourth-order valence-corrected chi connectivity index (χ4v) is 5.63. The van der Waals surface area contributed by atoms with Crippen molar-refractivity contribution >= 4 is 32.3 Å². The molecule has 2 aromatic heterocycles. The number of thiophene rings is 1. The van der Waals surface area contributed by atoms with Gasteiger partial charge < -0.3 is 0 Å². The highest BCUT2D eigenvalue weighted by molar-refractivity contribution is 7.22. The van der Waals surface area contributed by atoms with Gasteiger partial charge in [0.05, 0.1) is 17.0 Å². The van der Waals surface area contributed by atoms with Crippen molar-refractivity contribution in [1.82, 2.24) is 9.55 Å². The number of nitrogens with one attached hydrogen (secondary N) is 1. The van der Waals surface area contributed by atoms with Crippen LogP contribution in [0.1, 0.15) is 29.7 Å². The summed E-state index contributed by atoms with van der Waals surface area (Å²) >= 11 is 1.11. The number of nitrogens with zero attached hydrogens (tertiary/aromatic N) is 1. The van der Waals surface area contributed by atoms with Crippen LogP contribution in [0.4, 0.5) is 13.2 Å². The highest BCUT2D eigenvalue weighted by Crippen LogP contribution is 2.38. The molecule has 34 heavy (non-hydrogen) atoms. The zero-order valence-electron chi connectivity index (χ0n) is 18.2. The Labute approximate surface area is 195 Å². The normalized spacial score (nSPS) is 13.0. The number of alkyl halides is 3. The van der Waals surface area contributed by atoms with Crippen LogP contribution in [0, 0.1) is 6.92 Å². The molecular formula is C26H19F3N2O2S. The zero-order valence-corrected chi connectivity index (χ0v) is 19.1. The van der Waals surface area contributed by atoms with Crippen LogP contribution in [0.3, 0.4) is 0 Å². The van der Waals surface area contributed by atoms with Gasteiger partial charge in [0.15, 0.2) is 0 Å². The Kier molecular flexibility index (Phi) is 5.20. The summed E-state index contributed by atoms with van der Waals surface area (Å²) in [5.41, 5.74) is -0.0730. The molecule has 0 radical (unpaired) electrons. The van der Waals surface area contributed by atoms with Gasteiger partial charge in [0.25, 0.3) is 5.56 Å². The summed E-state index contributed by atoms with van der Waals surface area (Å²) in [4.78, 5) is 30.2. The molecule has 1 N–H and O–H groups in total. The summed E-state index contributed by atoms with van der Waals surface area (Å²) in [5.74, 6) is 0. The number of rotatable bonds is 3. The number of hydrogen-bond acceptors (Lipinski definition) is 3. The lowest BCUT2D eigenvalue weighted by atomic mass is 9.99. The lowest BCUT2D eigenvalue weighted by molar-refractivity contribution is -0.137. The van der Waals surface area contributed by atoms with E-state index in [4.69, 9.17) is 0 Å². The van der Waals surface area contributed by atoms with Crippen molar-refractivity contribution < 1.29 is 13.2 Å². The number of aromatic nitrogens is 2. The van der Waals surface area contributed by atoms with Gasteiger partial charge in [-0.15, -0.1) is 11.3 Å². The lowest BCUT2D eigenvalue weighted by Crippen LogP contribution is -2.37. The minimum absolute atomic E-state index is 0.309. The number of benzene rings is 3. The molecule has 0 saturated heterocycles. The van der Waals surface area contributed by atoms with E-state index in [1.807, 2.05) is 42.5 Å². The van der Waals surface area contributed by atoms with Crippen LogP contribution in [-0.4, -0.2) is 9.55 Å². The topological polar surface area (TPSA) is 54.9 Å². The smallest absolute Gasteiger partial charge is 0.298 e. The van der Waals surface area contributed by atoms with Crippen LogP contribution in [-0.2, 0) is 6.18 Å². The van der Waals surface area contributed by atoms with Gasteiger partial charge in [-0.3, -0.25) is 14.3 Å². The van der Waals surface area contributed by atoms with Crippen molar-refractivity contribution in [3.8, 4) is 10.4 Å². The molecule has 4 nitrogen and oxygen atoms in total. The second kappa shape index (κ2) is 7.99. The fourth-order valence-electron chi connectivity index (χ4n) is 4.45. The third-order valence-electron chi connectivity index (χ3n) is 6.13. The molecule has 172 valence electrons. The van der Waals surface area contributed by atoms with Crippen molar-refractivity contribution in [3.63, 3.8) is 0 Å². The Morgan fingerprint density at radius 3 is 2.44 bits per heavy atom. The summed E-state index contributed by atoms with van der Waals surface area (Å²) in [6.45, 7) is 3.49. The van der Waals surface area contributed by atoms with Gasteiger partial charge in [-0.25, -0.2) is 4.79 Å². The maximum Gasteiger partial charge on any atom is 0.416 e. The van der Waals surface area contributed by atoms with Crippen molar-refractivity contribution in [1.29, 1.82) is 0 Å². The van der Waals surface area contributed by atoms with Crippen molar-refractivity contribution in [2.45, 2.75) is 26.1 Å². The number of hydrogen-bond donors (Lipinski definition) is 1. The van der Waals surface area contributed by atoms with E-state index in [-0.39, 0.29) is 0 Å². The van der Waals surface area contributed by atoms with Gasteiger partial charge in [0.2, 0.25) is 0 Å². The Morgan fingerprint density at radius 1 is 0.971 bits per heavy atom. The molecule has 0 bridgehead atoms. The predicted octanol–water partition coefficient (Wildman–Crippen LogP) is 6.51. The first-order chi connectivity index (χ1) is 16.2. The first kappa shape index (κ1) is 22.2. The van der Waals surface area contributed by atoms with E-state index in [1.165, 1.54) is 10.6 Å². The molecule has 0 amide bonds. The van der Waals surface area contributed by atoms with Gasteiger partial charge in [0.1, 0.15) is 4.83 Å². The maximum atomic E-state index is 13.6. The first-order valence-electron chi connectivity index (χ1n) is 10.6. The third kappa shape index (κ3) is 3.54. The van der Waals surface area contributed by atoms with Gasteiger partial charge in [-0.2, -0.15) is 13.2 Å². The Morgan fingerprint density at radius 2 is 1.68 bits per heavy atom. The molecule has 5 aromatic rings. The zero-order chi connectivity index (χ0) is 24.2.